The van der Waals surface area contributed by atoms with Gasteiger partial charge in [0.05, 0.1) is 5.92 Å². The molecule has 2 fully saturated rings. The molecule has 1 aromatic carbocycles. The van der Waals surface area contributed by atoms with Gasteiger partial charge in [0, 0.05) is 12.1 Å². The van der Waals surface area contributed by atoms with E-state index < -0.39 is 17.8 Å². The topological polar surface area (TPSA) is 75.7 Å². The number of rotatable bonds is 3. The molecule has 2 radical (unpaired) electrons. The highest BCUT2D eigenvalue weighted by Gasteiger charge is 2.48. The summed E-state index contributed by atoms with van der Waals surface area (Å²) < 4.78 is 5.18. The van der Waals surface area contributed by atoms with Gasteiger partial charge in [0.2, 0.25) is 13.8 Å². The molecular weight excluding hydrogens is 295 g/mol. The fourth-order valence-electron chi connectivity index (χ4n) is 3.39. The molecule has 0 spiro atoms. The van der Waals surface area contributed by atoms with Gasteiger partial charge in [-0.25, -0.2) is 4.79 Å². The standard InChI is InChI=1S/C16H17BN2O4/c17-15(21)19-11-6-7-13(12(8-11)14(19)20)18-16(22)23-9-10-4-2-1-3-5-10/h1-5,11-13H,6-9H2,(H,18,22)/t11-,12-,13-/m0/s1. The van der Waals surface area contributed by atoms with Crippen LogP contribution in [0.2, 0.25) is 0 Å². The first-order valence-electron chi connectivity index (χ1n) is 7.66. The van der Waals surface area contributed by atoms with Crippen molar-refractivity contribution in [3.05, 3.63) is 35.9 Å². The number of nitrogens with zero attached hydrogens (tertiary/aromatic N) is 1. The van der Waals surface area contributed by atoms with Crippen molar-refractivity contribution in [3.8, 4) is 0 Å². The first kappa shape index (κ1) is 15.6. The summed E-state index contributed by atoms with van der Waals surface area (Å²) in [6, 6.07) is 8.90. The number of ether oxygens (including phenoxy) is 1. The molecule has 3 amide bonds. The number of fused-ring (bicyclic) bond motifs is 2. The Kier molecular flexibility index (Phi) is 4.36. The Labute approximate surface area is 135 Å². The summed E-state index contributed by atoms with van der Waals surface area (Å²) in [6.45, 7) is 0.175. The highest BCUT2D eigenvalue weighted by molar-refractivity contribution is 6.58. The van der Waals surface area contributed by atoms with Crippen LogP contribution in [0.25, 0.3) is 0 Å². The minimum atomic E-state index is -0.713. The first-order chi connectivity index (χ1) is 11.1. The van der Waals surface area contributed by atoms with Crippen molar-refractivity contribution in [2.45, 2.75) is 38.0 Å². The molecule has 0 unspecified atom stereocenters. The van der Waals surface area contributed by atoms with Crippen molar-refractivity contribution in [2.24, 2.45) is 5.92 Å². The van der Waals surface area contributed by atoms with Gasteiger partial charge in [-0.3, -0.25) is 14.5 Å². The second-order valence-electron chi connectivity index (χ2n) is 5.93. The van der Waals surface area contributed by atoms with E-state index in [1.54, 1.807) is 0 Å². The Bertz CT molecular complexity index is 622. The molecule has 1 N–H and O–H groups in total. The molecule has 1 heterocycles. The molecule has 1 aromatic rings. The molecule has 1 saturated carbocycles. The number of imide groups is 1. The lowest BCUT2D eigenvalue weighted by molar-refractivity contribution is -0.128. The van der Waals surface area contributed by atoms with E-state index in [-0.39, 0.29) is 24.6 Å². The number of alkyl carbamates (subject to hydrolysis) is 1. The molecule has 3 atom stereocenters. The van der Waals surface area contributed by atoms with Gasteiger partial charge in [-0.05, 0) is 24.8 Å². The molecule has 2 bridgehead atoms. The predicted octanol–water partition coefficient (Wildman–Crippen LogP) is 1.58. The van der Waals surface area contributed by atoms with Gasteiger partial charge in [-0.15, -0.1) is 0 Å². The van der Waals surface area contributed by atoms with Crippen LogP contribution in [0.5, 0.6) is 0 Å². The van der Waals surface area contributed by atoms with Crippen LogP contribution in [-0.4, -0.2) is 42.6 Å². The van der Waals surface area contributed by atoms with Gasteiger partial charge in [0.1, 0.15) is 6.61 Å². The van der Waals surface area contributed by atoms with Crippen LogP contribution >= 0.6 is 0 Å². The van der Waals surface area contributed by atoms with Gasteiger partial charge in [0.25, 0.3) is 0 Å². The summed E-state index contributed by atoms with van der Waals surface area (Å²) in [4.78, 5) is 36.6. The average Bonchev–Trinajstić information content (AvgIpc) is 2.81. The van der Waals surface area contributed by atoms with E-state index in [0.717, 1.165) is 10.5 Å². The van der Waals surface area contributed by atoms with Crippen LogP contribution in [0.4, 0.5) is 9.59 Å². The van der Waals surface area contributed by atoms with E-state index in [1.807, 2.05) is 30.3 Å². The average molecular weight is 312 g/mol. The molecule has 2 aliphatic rings. The molecule has 1 saturated heterocycles. The molecule has 7 heteroatoms. The maximum atomic E-state index is 12.2. The lowest BCUT2D eigenvalue weighted by Gasteiger charge is -2.27. The van der Waals surface area contributed by atoms with Crippen LogP contribution < -0.4 is 5.32 Å². The molecule has 118 valence electrons. The smallest absolute Gasteiger partial charge is 0.407 e. The fraction of sp³-hybridized carbons (Fsp3) is 0.438. The van der Waals surface area contributed by atoms with E-state index >= 15 is 0 Å². The molecule has 0 aromatic heterocycles. The van der Waals surface area contributed by atoms with Crippen molar-refractivity contribution in [3.63, 3.8) is 0 Å². The van der Waals surface area contributed by atoms with Crippen molar-refractivity contribution in [1.82, 2.24) is 10.2 Å². The lowest BCUT2D eigenvalue weighted by Crippen LogP contribution is -2.44. The lowest BCUT2D eigenvalue weighted by atomic mass is 9.85. The van der Waals surface area contributed by atoms with E-state index in [4.69, 9.17) is 12.6 Å². The number of carbonyl (C=O) groups excluding carboxylic acids is 3. The van der Waals surface area contributed by atoms with Crippen LogP contribution in [-0.2, 0) is 16.1 Å². The van der Waals surface area contributed by atoms with Crippen molar-refractivity contribution < 1.29 is 19.1 Å². The van der Waals surface area contributed by atoms with E-state index in [2.05, 4.69) is 5.32 Å². The van der Waals surface area contributed by atoms with Gasteiger partial charge < -0.3 is 10.1 Å². The Morgan fingerprint density at radius 2 is 2.00 bits per heavy atom. The molecule has 1 aliphatic heterocycles. The zero-order valence-electron chi connectivity index (χ0n) is 12.6. The minimum absolute atomic E-state index is 0.136. The summed E-state index contributed by atoms with van der Waals surface area (Å²) in [6.07, 6.45) is 1.27. The summed E-state index contributed by atoms with van der Waals surface area (Å²) in [5.74, 6) is -1.41. The zero-order chi connectivity index (χ0) is 16.4. The maximum Gasteiger partial charge on any atom is 0.407 e. The minimum Gasteiger partial charge on any atom is -0.445 e. The third-order valence-corrected chi connectivity index (χ3v) is 4.50. The molecular formula is C16H17BN2O4. The SMILES string of the molecule is [B]C(=O)N1C(=O)[C@H]2C[C@@H]1CC[C@@H]2NC(=O)OCc1ccccc1. The second-order valence-corrected chi connectivity index (χ2v) is 5.93. The number of amides is 3. The Balaban J connectivity index is 1.55. The number of carbonyl (C=O) groups is 3. The summed E-state index contributed by atoms with van der Waals surface area (Å²) in [7, 11) is 5.26. The number of hydrogen-bond donors (Lipinski definition) is 1. The number of benzene rings is 1. The van der Waals surface area contributed by atoms with E-state index in [0.29, 0.717) is 19.3 Å². The molecule has 23 heavy (non-hydrogen) atoms. The van der Waals surface area contributed by atoms with E-state index in [9.17, 15) is 14.4 Å². The second kappa shape index (κ2) is 6.44. The number of likely N-dealkylation sites (tertiary alicyclic amines) is 1. The van der Waals surface area contributed by atoms with Gasteiger partial charge in [-0.1, -0.05) is 30.3 Å². The largest absolute Gasteiger partial charge is 0.445 e. The fourth-order valence-corrected chi connectivity index (χ4v) is 3.39. The Hall–Kier alpha value is -2.31. The van der Waals surface area contributed by atoms with Crippen LogP contribution in [0, 0.1) is 5.92 Å². The normalized spacial score (nSPS) is 26.0. The predicted molar refractivity (Wildman–Crippen MR) is 82.7 cm³/mol. The first-order valence-corrected chi connectivity index (χ1v) is 7.66. The maximum absolute atomic E-state index is 12.2. The summed E-state index contributed by atoms with van der Waals surface area (Å²) in [5.41, 5.74) is 0.892. The summed E-state index contributed by atoms with van der Waals surface area (Å²) >= 11 is 0. The van der Waals surface area contributed by atoms with Crippen LogP contribution in [0.15, 0.2) is 30.3 Å². The molecule has 3 rings (SSSR count). The van der Waals surface area contributed by atoms with Crippen molar-refractivity contribution in [1.29, 1.82) is 0 Å². The van der Waals surface area contributed by atoms with Crippen LogP contribution in [0.1, 0.15) is 24.8 Å². The Morgan fingerprint density at radius 1 is 1.26 bits per heavy atom. The number of nitrogens with one attached hydrogen (secondary N) is 1. The van der Waals surface area contributed by atoms with E-state index in [1.165, 1.54) is 0 Å². The quantitative estimate of drug-likeness (QED) is 0.860. The van der Waals surface area contributed by atoms with Crippen molar-refractivity contribution >= 4 is 25.7 Å². The summed E-state index contributed by atoms with van der Waals surface area (Å²) in [5, 5.41) is 2.75. The zero-order valence-corrected chi connectivity index (χ0v) is 12.6. The highest BCUT2D eigenvalue weighted by atomic mass is 16.5. The third-order valence-electron chi connectivity index (χ3n) is 4.50. The van der Waals surface area contributed by atoms with Gasteiger partial charge in [0.15, 0.2) is 5.81 Å². The van der Waals surface area contributed by atoms with Crippen LogP contribution in [0.3, 0.4) is 0 Å². The monoisotopic (exact) mass is 312 g/mol. The molecule has 1 aliphatic carbocycles. The third kappa shape index (κ3) is 3.23. The van der Waals surface area contributed by atoms with Gasteiger partial charge in [-0.2, -0.15) is 0 Å². The Morgan fingerprint density at radius 3 is 2.70 bits per heavy atom. The van der Waals surface area contributed by atoms with Crippen molar-refractivity contribution in [2.75, 3.05) is 0 Å². The number of hydrogen-bond acceptors (Lipinski definition) is 4. The molecule has 6 nitrogen and oxygen atoms in total. The highest BCUT2D eigenvalue weighted by Crippen LogP contribution is 2.36. The van der Waals surface area contributed by atoms with Gasteiger partial charge >= 0.3 is 6.09 Å².